The average molecular weight is 194 g/mol. The molecule has 0 aliphatic carbocycles. The predicted octanol–water partition coefficient (Wildman–Crippen LogP) is 0.988. The largest absolute Gasteiger partial charge is 0.352 e. The zero-order chi connectivity index (χ0) is 10.4. The van der Waals surface area contributed by atoms with Crippen LogP contribution in [0.3, 0.4) is 0 Å². The number of hydrogen-bond donors (Lipinski definition) is 2. The molecular formula is C11H18N2O. The molecule has 0 atom stereocenters. The van der Waals surface area contributed by atoms with E-state index in [1.165, 1.54) is 5.57 Å². The minimum absolute atomic E-state index is 0.0750. The Bertz CT molecular complexity index is 260. The van der Waals surface area contributed by atoms with Crippen LogP contribution in [-0.4, -0.2) is 25.5 Å². The number of carbonyl (C=O) groups excluding carboxylic acids is 1. The highest BCUT2D eigenvalue weighted by molar-refractivity contribution is 5.93. The van der Waals surface area contributed by atoms with Gasteiger partial charge in [-0.1, -0.05) is 12.2 Å². The molecule has 1 rings (SSSR count). The molecule has 1 amide bonds. The smallest absolute Gasteiger partial charge is 0.246 e. The van der Waals surface area contributed by atoms with Gasteiger partial charge in [0.25, 0.3) is 0 Å². The van der Waals surface area contributed by atoms with E-state index in [4.69, 9.17) is 0 Å². The summed E-state index contributed by atoms with van der Waals surface area (Å²) in [5.41, 5.74) is 2.11. The molecule has 1 saturated heterocycles. The van der Waals surface area contributed by atoms with E-state index in [0.717, 1.165) is 31.6 Å². The molecule has 0 aromatic rings. The number of nitrogens with one attached hydrogen (secondary N) is 2. The summed E-state index contributed by atoms with van der Waals surface area (Å²) in [7, 11) is 0. The van der Waals surface area contributed by atoms with Gasteiger partial charge < -0.3 is 10.6 Å². The second-order valence-electron chi connectivity index (χ2n) is 3.45. The Morgan fingerprint density at radius 3 is 2.79 bits per heavy atom. The first-order valence-electron chi connectivity index (χ1n) is 5.04. The Kier molecular flexibility index (Phi) is 4.40. The Hall–Kier alpha value is -1.09. The summed E-state index contributed by atoms with van der Waals surface area (Å²) in [4.78, 5) is 11.5. The molecule has 0 bridgehead atoms. The van der Waals surface area contributed by atoms with Gasteiger partial charge in [0.2, 0.25) is 5.91 Å². The van der Waals surface area contributed by atoms with Crippen LogP contribution in [0, 0.1) is 0 Å². The topological polar surface area (TPSA) is 41.1 Å². The number of amides is 1. The normalized spacial score (nSPS) is 15.4. The van der Waals surface area contributed by atoms with Crippen molar-refractivity contribution in [1.82, 2.24) is 10.6 Å². The van der Waals surface area contributed by atoms with Gasteiger partial charge in [-0.2, -0.15) is 0 Å². The van der Waals surface area contributed by atoms with Crippen LogP contribution in [0.5, 0.6) is 0 Å². The van der Waals surface area contributed by atoms with Crippen LogP contribution < -0.4 is 10.6 Å². The molecule has 14 heavy (non-hydrogen) atoms. The predicted molar refractivity (Wildman–Crippen MR) is 58.0 cm³/mol. The third kappa shape index (κ3) is 3.00. The molecule has 3 heteroatoms. The molecule has 78 valence electrons. The van der Waals surface area contributed by atoms with E-state index in [1.807, 2.05) is 26.0 Å². The summed E-state index contributed by atoms with van der Waals surface area (Å²) in [6, 6.07) is 0. The van der Waals surface area contributed by atoms with Crippen molar-refractivity contribution in [2.45, 2.75) is 20.3 Å². The second kappa shape index (κ2) is 5.60. The van der Waals surface area contributed by atoms with Crippen molar-refractivity contribution in [3.8, 4) is 0 Å². The third-order valence-corrected chi connectivity index (χ3v) is 2.38. The Balaban J connectivity index is 2.27. The van der Waals surface area contributed by atoms with E-state index in [9.17, 15) is 4.79 Å². The van der Waals surface area contributed by atoms with Crippen LogP contribution in [0.1, 0.15) is 20.3 Å². The summed E-state index contributed by atoms with van der Waals surface area (Å²) in [6.45, 7) is 6.33. The number of hydrogen-bond acceptors (Lipinski definition) is 2. The first-order chi connectivity index (χ1) is 6.75. The molecular weight excluding hydrogens is 176 g/mol. The summed E-state index contributed by atoms with van der Waals surface area (Å²) < 4.78 is 0. The molecule has 0 aromatic carbocycles. The highest BCUT2D eigenvalue weighted by atomic mass is 16.1. The molecule has 1 aliphatic rings. The summed E-state index contributed by atoms with van der Waals surface area (Å²) in [5, 5.41) is 6.01. The maximum absolute atomic E-state index is 11.5. The lowest BCUT2D eigenvalue weighted by Gasteiger charge is -2.21. The Morgan fingerprint density at radius 1 is 1.57 bits per heavy atom. The van der Waals surface area contributed by atoms with E-state index in [2.05, 4.69) is 10.6 Å². The van der Waals surface area contributed by atoms with Gasteiger partial charge >= 0.3 is 0 Å². The fourth-order valence-electron chi connectivity index (χ4n) is 1.24. The van der Waals surface area contributed by atoms with E-state index in [0.29, 0.717) is 0 Å². The fraction of sp³-hybridized carbons (Fsp3) is 0.545. The minimum atomic E-state index is 0.0750. The van der Waals surface area contributed by atoms with E-state index in [-0.39, 0.29) is 5.91 Å². The van der Waals surface area contributed by atoms with Gasteiger partial charge in [-0.15, -0.1) is 0 Å². The van der Waals surface area contributed by atoms with Crippen molar-refractivity contribution in [1.29, 1.82) is 0 Å². The average Bonchev–Trinajstić information content (AvgIpc) is 2.09. The van der Waals surface area contributed by atoms with Gasteiger partial charge in [0.05, 0.1) is 0 Å². The molecule has 0 aromatic heterocycles. The van der Waals surface area contributed by atoms with Gasteiger partial charge in [-0.3, -0.25) is 4.79 Å². The van der Waals surface area contributed by atoms with Gasteiger partial charge in [0.15, 0.2) is 0 Å². The van der Waals surface area contributed by atoms with Gasteiger partial charge in [0.1, 0.15) is 0 Å². The van der Waals surface area contributed by atoms with Gasteiger partial charge in [-0.25, -0.2) is 0 Å². The van der Waals surface area contributed by atoms with Crippen LogP contribution in [0.2, 0.25) is 0 Å². The summed E-state index contributed by atoms with van der Waals surface area (Å²) in [6.07, 6.45) is 4.95. The fourth-order valence-corrected chi connectivity index (χ4v) is 1.24. The highest BCUT2D eigenvalue weighted by Crippen LogP contribution is 2.08. The van der Waals surface area contributed by atoms with Crippen molar-refractivity contribution < 1.29 is 4.79 Å². The molecule has 1 aliphatic heterocycles. The van der Waals surface area contributed by atoms with E-state index < -0.39 is 0 Å². The van der Waals surface area contributed by atoms with E-state index in [1.54, 1.807) is 0 Å². The third-order valence-electron chi connectivity index (χ3n) is 2.38. The van der Waals surface area contributed by atoms with Crippen molar-refractivity contribution in [2.75, 3.05) is 19.6 Å². The van der Waals surface area contributed by atoms with Crippen molar-refractivity contribution in [3.63, 3.8) is 0 Å². The highest BCUT2D eigenvalue weighted by Gasteiger charge is 2.14. The van der Waals surface area contributed by atoms with Crippen molar-refractivity contribution in [3.05, 3.63) is 23.3 Å². The standard InChI is InChI=1S/C11H18N2O/c1-3-4-5-6-13-11(14)9(2)10-7-12-8-10/h3-4,12H,5-8H2,1-2H3,(H,13,14)/b4-3+. The van der Waals surface area contributed by atoms with Crippen LogP contribution in [0.15, 0.2) is 23.3 Å². The first kappa shape index (κ1) is 11.0. The lowest BCUT2D eigenvalue weighted by molar-refractivity contribution is -0.117. The molecule has 1 heterocycles. The van der Waals surface area contributed by atoms with Crippen LogP contribution in [0.4, 0.5) is 0 Å². The summed E-state index contributed by atoms with van der Waals surface area (Å²) >= 11 is 0. The number of allylic oxidation sites excluding steroid dienone is 1. The van der Waals surface area contributed by atoms with Gasteiger partial charge in [-0.05, 0) is 25.8 Å². The van der Waals surface area contributed by atoms with E-state index >= 15 is 0 Å². The zero-order valence-electron chi connectivity index (χ0n) is 8.89. The van der Waals surface area contributed by atoms with Crippen LogP contribution >= 0.6 is 0 Å². The Morgan fingerprint density at radius 2 is 2.29 bits per heavy atom. The minimum Gasteiger partial charge on any atom is -0.352 e. The molecule has 2 N–H and O–H groups in total. The maximum Gasteiger partial charge on any atom is 0.246 e. The van der Waals surface area contributed by atoms with Gasteiger partial charge in [0, 0.05) is 25.2 Å². The second-order valence-corrected chi connectivity index (χ2v) is 3.45. The molecule has 0 unspecified atom stereocenters. The zero-order valence-corrected chi connectivity index (χ0v) is 8.89. The summed E-state index contributed by atoms with van der Waals surface area (Å²) in [5.74, 6) is 0.0750. The Labute approximate surface area is 85.3 Å². The van der Waals surface area contributed by atoms with Crippen LogP contribution in [-0.2, 0) is 4.79 Å². The quantitative estimate of drug-likeness (QED) is 0.398. The molecule has 0 radical (unpaired) electrons. The lowest BCUT2D eigenvalue weighted by Crippen LogP contribution is -2.37. The van der Waals surface area contributed by atoms with Crippen molar-refractivity contribution in [2.24, 2.45) is 0 Å². The maximum atomic E-state index is 11.5. The number of rotatable bonds is 4. The molecule has 1 fully saturated rings. The SMILES string of the molecule is C/C=C/CCNC(=O)C(C)=C1CNC1. The monoisotopic (exact) mass is 194 g/mol. The first-order valence-corrected chi connectivity index (χ1v) is 5.04. The van der Waals surface area contributed by atoms with Crippen LogP contribution in [0.25, 0.3) is 0 Å². The lowest BCUT2D eigenvalue weighted by atomic mass is 10.0. The molecule has 3 nitrogen and oxygen atoms in total. The van der Waals surface area contributed by atoms with Crippen molar-refractivity contribution >= 4 is 5.91 Å². The molecule has 0 spiro atoms. The number of carbonyl (C=O) groups is 1. The molecule has 0 saturated carbocycles.